The maximum atomic E-state index is 13.6. The van der Waals surface area contributed by atoms with Crippen molar-refractivity contribution in [3.05, 3.63) is 34.9 Å². The minimum absolute atomic E-state index is 0.0330. The van der Waals surface area contributed by atoms with E-state index in [4.69, 9.17) is 5.11 Å². The molecule has 1 unspecified atom stereocenters. The monoisotopic (exact) mass is 241 g/mol. The van der Waals surface area contributed by atoms with Crippen molar-refractivity contribution in [2.45, 2.75) is 25.3 Å². The van der Waals surface area contributed by atoms with Crippen LogP contribution in [0.15, 0.2) is 12.1 Å². The van der Waals surface area contributed by atoms with Gasteiger partial charge in [-0.05, 0) is 37.9 Å². The quantitative estimate of drug-likeness (QED) is 0.850. The first-order chi connectivity index (χ1) is 8.08. The molecule has 1 fully saturated rings. The topological polar surface area (TPSA) is 49.3 Å². The molecule has 17 heavy (non-hydrogen) atoms. The first-order valence-corrected chi connectivity index (χ1v) is 5.52. The van der Waals surface area contributed by atoms with E-state index < -0.39 is 17.6 Å². The third-order valence-electron chi connectivity index (χ3n) is 3.00. The lowest BCUT2D eigenvalue weighted by molar-refractivity contribution is 0.0695. The smallest absolute Gasteiger partial charge is 0.335 e. The number of rotatable bonds is 3. The fourth-order valence-electron chi connectivity index (χ4n) is 2.10. The third-order valence-corrected chi connectivity index (χ3v) is 3.00. The van der Waals surface area contributed by atoms with Gasteiger partial charge in [-0.1, -0.05) is 0 Å². The van der Waals surface area contributed by atoms with Gasteiger partial charge >= 0.3 is 5.97 Å². The number of nitrogens with one attached hydrogen (secondary N) is 1. The van der Waals surface area contributed by atoms with E-state index in [1.165, 1.54) is 0 Å². The molecule has 0 aliphatic carbocycles. The van der Waals surface area contributed by atoms with Crippen LogP contribution in [-0.2, 0) is 6.42 Å². The summed E-state index contributed by atoms with van der Waals surface area (Å²) in [5.41, 5.74) is -0.391. The van der Waals surface area contributed by atoms with Crippen LogP contribution in [0.4, 0.5) is 8.78 Å². The summed E-state index contributed by atoms with van der Waals surface area (Å²) in [7, 11) is 0. The molecule has 0 bridgehead atoms. The number of carboxylic acids is 1. The fourth-order valence-corrected chi connectivity index (χ4v) is 2.10. The number of carboxylic acid groups (broad SMARTS) is 1. The van der Waals surface area contributed by atoms with Crippen LogP contribution in [0.25, 0.3) is 0 Å². The summed E-state index contributed by atoms with van der Waals surface area (Å²) in [6, 6.07) is 1.82. The van der Waals surface area contributed by atoms with E-state index in [1.807, 2.05) is 0 Å². The van der Waals surface area contributed by atoms with Gasteiger partial charge in [0.15, 0.2) is 0 Å². The van der Waals surface area contributed by atoms with Gasteiger partial charge in [0.1, 0.15) is 11.6 Å². The van der Waals surface area contributed by atoms with Gasteiger partial charge in [0.25, 0.3) is 0 Å². The molecule has 1 aliphatic rings. The van der Waals surface area contributed by atoms with Crippen molar-refractivity contribution < 1.29 is 18.7 Å². The Hall–Kier alpha value is -1.49. The van der Waals surface area contributed by atoms with E-state index in [-0.39, 0.29) is 23.6 Å². The zero-order valence-electron chi connectivity index (χ0n) is 9.17. The van der Waals surface area contributed by atoms with Crippen molar-refractivity contribution in [2.75, 3.05) is 6.54 Å². The van der Waals surface area contributed by atoms with Gasteiger partial charge in [0.05, 0.1) is 5.56 Å². The van der Waals surface area contributed by atoms with Crippen molar-refractivity contribution >= 4 is 5.97 Å². The Morgan fingerprint density at radius 1 is 1.41 bits per heavy atom. The third kappa shape index (κ3) is 2.61. The van der Waals surface area contributed by atoms with Crippen LogP contribution in [-0.4, -0.2) is 23.7 Å². The Morgan fingerprint density at radius 2 is 2.06 bits per heavy atom. The van der Waals surface area contributed by atoms with Crippen LogP contribution in [0.2, 0.25) is 0 Å². The molecule has 1 heterocycles. The SMILES string of the molecule is O=C(O)c1cc(F)c(CC2CCCN2)c(F)c1. The molecule has 1 aromatic carbocycles. The molecule has 1 saturated heterocycles. The molecule has 3 nitrogen and oxygen atoms in total. The molecule has 0 amide bonds. The summed E-state index contributed by atoms with van der Waals surface area (Å²) < 4.78 is 27.2. The first-order valence-electron chi connectivity index (χ1n) is 5.52. The average Bonchev–Trinajstić information content (AvgIpc) is 2.75. The number of carbonyl (C=O) groups is 1. The molecule has 1 atom stereocenters. The van der Waals surface area contributed by atoms with Crippen molar-refractivity contribution in [3.8, 4) is 0 Å². The van der Waals surface area contributed by atoms with Crippen molar-refractivity contribution in [1.29, 1.82) is 0 Å². The lowest BCUT2D eigenvalue weighted by Gasteiger charge is -2.12. The lowest BCUT2D eigenvalue weighted by Crippen LogP contribution is -2.24. The van der Waals surface area contributed by atoms with E-state index in [0.717, 1.165) is 31.5 Å². The largest absolute Gasteiger partial charge is 0.478 e. The Kier molecular flexibility index (Phi) is 3.38. The summed E-state index contributed by atoms with van der Waals surface area (Å²) in [4.78, 5) is 10.6. The molecule has 2 N–H and O–H groups in total. The summed E-state index contributed by atoms with van der Waals surface area (Å²) >= 11 is 0. The molecule has 0 aromatic heterocycles. The Bertz CT molecular complexity index is 419. The van der Waals surface area contributed by atoms with Crippen LogP contribution in [0, 0.1) is 11.6 Å². The van der Waals surface area contributed by atoms with E-state index in [1.54, 1.807) is 0 Å². The van der Waals surface area contributed by atoms with Gasteiger partial charge in [-0.3, -0.25) is 0 Å². The zero-order chi connectivity index (χ0) is 12.4. The number of aromatic carboxylic acids is 1. The van der Waals surface area contributed by atoms with E-state index >= 15 is 0 Å². The van der Waals surface area contributed by atoms with Crippen molar-refractivity contribution in [3.63, 3.8) is 0 Å². The summed E-state index contributed by atoms with van der Waals surface area (Å²) in [5, 5.41) is 11.8. The molecule has 0 spiro atoms. The standard InChI is InChI=1S/C12H13F2NO2/c13-10-4-7(12(16)17)5-11(14)9(10)6-8-2-1-3-15-8/h4-5,8,15H,1-3,6H2,(H,16,17). The van der Waals surface area contributed by atoms with Crippen LogP contribution < -0.4 is 5.32 Å². The lowest BCUT2D eigenvalue weighted by atomic mass is 10.0. The molecular formula is C12H13F2NO2. The molecule has 0 saturated carbocycles. The molecule has 92 valence electrons. The maximum Gasteiger partial charge on any atom is 0.335 e. The first kappa shape index (κ1) is 12.0. The Balaban J connectivity index is 2.24. The average molecular weight is 241 g/mol. The number of benzene rings is 1. The highest BCUT2D eigenvalue weighted by atomic mass is 19.1. The minimum Gasteiger partial charge on any atom is -0.478 e. The highest BCUT2D eigenvalue weighted by Gasteiger charge is 2.20. The van der Waals surface area contributed by atoms with Crippen molar-refractivity contribution in [1.82, 2.24) is 5.32 Å². The van der Waals surface area contributed by atoms with Crippen LogP contribution >= 0.6 is 0 Å². The summed E-state index contributed by atoms with van der Waals surface area (Å²) in [6.45, 7) is 0.862. The van der Waals surface area contributed by atoms with Gasteiger partial charge in [-0.2, -0.15) is 0 Å². The van der Waals surface area contributed by atoms with Crippen molar-refractivity contribution in [2.24, 2.45) is 0 Å². The second-order valence-corrected chi connectivity index (χ2v) is 4.22. The summed E-state index contributed by atoms with van der Waals surface area (Å²) in [5.74, 6) is -2.89. The van der Waals surface area contributed by atoms with E-state index in [2.05, 4.69) is 5.32 Å². The number of hydrogen-bond acceptors (Lipinski definition) is 2. The second kappa shape index (κ2) is 4.79. The fraction of sp³-hybridized carbons (Fsp3) is 0.417. The Morgan fingerprint density at radius 3 is 2.53 bits per heavy atom. The highest BCUT2D eigenvalue weighted by molar-refractivity contribution is 5.87. The zero-order valence-corrected chi connectivity index (χ0v) is 9.17. The van der Waals surface area contributed by atoms with Gasteiger partial charge in [0, 0.05) is 11.6 Å². The molecule has 0 radical (unpaired) electrons. The van der Waals surface area contributed by atoms with Gasteiger partial charge in [-0.25, -0.2) is 13.6 Å². The van der Waals surface area contributed by atoms with Gasteiger partial charge < -0.3 is 10.4 Å². The molecule has 5 heteroatoms. The molecule has 2 rings (SSSR count). The minimum atomic E-state index is -1.33. The van der Waals surface area contributed by atoms with Gasteiger partial charge in [0.2, 0.25) is 0 Å². The maximum absolute atomic E-state index is 13.6. The molecule has 1 aromatic rings. The predicted molar refractivity (Wildman–Crippen MR) is 58.0 cm³/mol. The van der Waals surface area contributed by atoms with Crippen LogP contribution in [0.1, 0.15) is 28.8 Å². The van der Waals surface area contributed by atoms with E-state index in [0.29, 0.717) is 0 Å². The molecule has 1 aliphatic heterocycles. The van der Waals surface area contributed by atoms with Crippen LogP contribution in [0.3, 0.4) is 0 Å². The predicted octanol–water partition coefficient (Wildman–Crippen LogP) is 1.96. The normalized spacial score (nSPS) is 19.5. The summed E-state index contributed by atoms with van der Waals surface area (Å²) in [6.07, 6.45) is 2.15. The van der Waals surface area contributed by atoms with E-state index in [9.17, 15) is 13.6 Å². The number of halogens is 2. The number of hydrogen-bond donors (Lipinski definition) is 2. The van der Waals surface area contributed by atoms with Gasteiger partial charge in [-0.15, -0.1) is 0 Å². The second-order valence-electron chi connectivity index (χ2n) is 4.22. The highest BCUT2D eigenvalue weighted by Crippen LogP contribution is 2.20. The molecular weight excluding hydrogens is 228 g/mol. The Labute approximate surface area is 97.5 Å². The van der Waals surface area contributed by atoms with Crippen LogP contribution in [0.5, 0.6) is 0 Å².